The predicted molar refractivity (Wildman–Crippen MR) is 97.3 cm³/mol. The van der Waals surface area contributed by atoms with Crippen molar-refractivity contribution >= 4 is 11.5 Å². The lowest BCUT2D eigenvalue weighted by molar-refractivity contribution is 1.03. The summed E-state index contributed by atoms with van der Waals surface area (Å²) in [5.74, 6) is 0.494. The third-order valence-corrected chi connectivity index (χ3v) is 4.13. The summed E-state index contributed by atoms with van der Waals surface area (Å²) in [7, 11) is 0. The van der Waals surface area contributed by atoms with Crippen LogP contribution in [0.5, 0.6) is 0 Å². The van der Waals surface area contributed by atoms with E-state index in [-0.39, 0.29) is 0 Å². The quantitative estimate of drug-likeness (QED) is 0.518. The van der Waals surface area contributed by atoms with Crippen molar-refractivity contribution in [3.8, 4) is 22.5 Å². The van der Waals surface area contributed by atoms with Gasteiger partial charge in [0.25, 0.3) is 5.82 Å². The maximum atomic E-state index is 7.28. The molecule has 5 nitrogen and oxygen atoms in total. The van der Waals surface area contributed by atoms with Crippen LogP contribution in [0.1, 0.15) is 12.6 Å². The van der Waals surface area contributed by atoms with Crippen LogP contribution in [-0.4, -0.2) is 19.4 Å². The monoisotopic (exact) mass is 325 g/mol. The van der Waals surface area contributed by atoms with E-state index in [0.29, 0.717) is 5.82 Å². The van der Waals surface area contributed by atoms with E-state index in [2.05, 4.69) is 21.7 Å². The molecule has 0 aliphatic carbocycles. The first-order chi connectivity index (χ1) is 12.3. The zero-order valence-corrected chi connectivity index (χ0v) is 13.7. The summed E-state index contributed by atoms with van der Waals surface area (Å²) in [6, 6.07) is 13.9. The average molecular weight is 325 g/mol. The van der Waals surface area contributed by atoms with Crippen molar-refractivity contribution in [1.29, 1.82) is 0 Å². The molecule has 0 aliphatic rings. The van der Waals surface area contributed by atoms with Gasteiger partial charge in [-0.05, 0) is 30.7 Å². The predicted octanol–water partition coefficient (Wildman–Crippen LogP) is 4.57. The van der Waals surface area contributed by atoms with Gasteiger partial charge in [0.1, 0.15) is 0 Å². The zero-order valence-electron chi connectivity index (χ0n) is 13.7. The van der Waals surface area contributed by atoms with E-state index in [9.17, 15) is 0 Å². The Balaban J connectivity index is 1.90. The summed E-state index contributed by atoms with van der Waals surface area (Å²) >= 11 is 0. The number of aromatic nitrogens is 4. The van der Waals surface area contributed by atoms with Gasteiger partial charge in [0.2, 0.25) is 5.65 Å². The van der Waals surface area contributed by atoms with Crippen LogP contribution < -0.4 is 0 Å². The summed E-state index contributed by atoms with van der Waals surface area (Å²) in [5, 5.41) is 0. The van der Waals surface area contributed by atoms with Gasteiger partial charge in [-0.1, -0.05) is 25.6 Å². The molecule has 0 radical (unpaired) electrons. The minimum Gasteiger partial charge on any atom is -0.362 e. The first kappa shape index (κ1) is 15.0. The van der Waals surface area contributed by atoms with Gasteiger partial charge >= 0.3 is 0 Å². The highest BCUT2D eigenvalue weighted by Gasteiger charge is 2.13. The summed E-state index contributed by atoms with van der Waals surface area (Å²) in [5.41, 5.74) is 5.44. The van der Waals surface area contributed by atoms with Gasteiger partial charge < -0.3 is 4.85 Å². The Morgan fingerprint density at radius 2 is 2.00 bits per heavy atom. The molecule has 0 N–H and O–H groups in total. The second kappa shape index (κ2) is 6.17. The van der Waals surface area contributed by atoms with E-state index in [1.807, 2.05) is 48.7 Å². The molecule has 4 aromatic heterocycles. The Labute approximate surface area is 145 Å². The molecule has 25 heavy (non-hydrogen) atoms. The molecule has 0 amide bonds. The fourth-order valence-electron chi connectivity index (χ4n) is 2.86. The number of aryl methyl sites for hydroxylation is 1. The maximum absolute atomic E-state index is 7.28. The molecule has 0 spiro atoms. The molecule has 0 bridgehead atoms. The van der Waals surface area contributed by atoms with E-state index in [1.165, 1.54) is 0 Å². The Morgan fingerprint density at radius 1 is 1.08 bits per heavy atom. The normalized spacial score (nSPS) is 10.7. The van der Waals surface area contributed by atoms with Crippen LogP contribution in [0, 0.1) is 6.57 Å². The molecule has 0 aliphatic heterocycles. The van der Waals surface area contributed by atoms with Crippen molar-refractivity contribution < 1.29 is 0 Å². The van der Waals surface area contributed by atoms with Crippen LogP contribution in [0.2, 0.25) is 0 Å². The third-order valence-electron chi connectivity index (χ3n) is 4.13. The van der Waals surface area contributed by atoms with Crippen molar-refractivity contribution in [3.05, 3.63) is 78.2 Å². The van der Waals surface area contributed by atoms with Crippen LogP contribution in [0.4, 0.5) is 5.82 Å². The van der Waals surface area contributed by atoms with Crippen LogP contribution in [-0.2, 0) is 6.42 Å². The molecule has 120 valence electrons. The molecule has 5 heteroatoms. The molecule has 4 heterocycles. The molecule has 0 unspecified atom stereocenters. The maximum Gasteiger partial charge on any atom is 0.254 e. The highest BCUT2D eigenvalue weighted by atomic mass is 15.1. The van der Waals surface area contributed by atoms with Gasteiger partial charge in [0.15, 0.2) is 0 Å². The van der Waals surface area contributed by atoms with Gasteiger partial charge in [0, 0.05) is 29.1 Å². The number of nitrogens with zero attached hydrogens (tertiary/aromatic N) is 5. The lowest BCUT2D eigenvalue weighted by Gasteiger charge is -2.09. The Kier molecular flexibility index (Phi) is 3.71. The van der Waals surface area contributed by atoms with E-state index < -0.39 is 0 Å². The lowest BCUT2D eigenvalue weighted by atomic mass is 10.0. The van der Waals surface area contributed by atoms with Gasteiger partial charge in [-0.3, -0.25) is 9.97 Å². The topological polar surface area (TPSA) is 47.4 Å². The third kappa shape index (κ3) is 2.64. The number of fused-ring (bicyclic) bond motifs is 1. The summed E-state index contributed by atoms with van der Waals surface area (Å²) in [6.07, 6.45) is 6.17. The van der Waals surface area contributed by atoms with Gasteiger partial charge in [-0.25, -0.2) is 9.38 Å². The second-order valence-corrected chi connectivity index (χ2v) is 5.64. The van der Waals surface area contributed by atoms with E-state index >= 15 is 0 Å². The highest BCUT2D eigenvalue weighted by Crippen LogP contribution is 2.30. The molecule has 0 fully saturated rings. The summed E-state index contributed by atoms with van der Waals surface area (Å²) in [6.45, 7) is 9.37. The Bertz CT molecular complexity index is 1100. The van der Waals surface area contributed by atoms with E-state index in [1.54, 1.807) is 16.8 Å². The van der Waals surface area contributed by atoms with Crippen LogP contribution in [0.25, 0.3) is 33.0 Å². The largest absolute Gasteiger partial charge is 0.362 e. The number of hydrogen-bond donors (Lipinski definition) is 0. The summed E-state index contributed by atoms with van der Waals surface area (Å²) < 4.78 is 1.80. The minimum atomic E-state index is 0.494. The van der Waals surface area contributed by atoms with Gasteiger partial charge in [0.05, 0.1) is 23.8 Å². The first-order valence-corrected chi connectivity index (χ1v) is 8.06. The molecule has 4 aromatic rings. The minimum absolute atomic E-state index is 0.494. The Morgan fingerprint density at radius 3 is 2.84 bits per heavy atom. The standard InChI is InChI=1S/C20H15N5/c1-3-15-6-4-8-17(24-15)20-16(7-5-11-22-20)14-9-10-18-23-12-19(21-2)25(18)13-14/h4-13H,3H2,1H3. The smallest absolute Gasteiger partial charge is 0.254 e. The molecule has 4 rings (SSSR count). The van der Waals surface area contributed by atoms with Gasteiger partial charge in [-0.2, -0.15) is 0 Å². The molecular formula is C20H15N5. The van der Waals surface area contributed by atoms with Crippen molar-refractivity contribution in [2.45, 2.75) is 13.3 Å². The highest BCUT2D eigenvalue weighted by molar-refractivity contribution is 5.79. The molecule has 0 atom stereocenters. The number of hydrogen-bond acceptors (Lipinski definition) is 3. The van der Waals surface area contributed by atoms with Crippen LogP contribution in [0.15, 0.2) is 61.1 Å². The van der Waals surface area contributed by atoms with E-state index in [0.717, 1.165) is 40.3 Å². The first-order valence-electron chi connectivity index (χ1n) is 8.06. The van der Waals surface area contributed by atoms with Crippen molar-refractivity contribution in [2.75, 3.05) is 0 Å². The summed E-state index contributed by atoms with van der Waals surface area (Å²) in [4.78, 5) is 17.0. The number of rotatable bonds is 3. The van der Waals surface area contributed by atoms with Crippen molar-refractivity contribution in [2.24, 2.45) is 0 Å². The number of pyridine rings is 3. The van der Waals surface area contributed by atoms with Gasteiger partial charge in [-0.15, -0.1) is 0 Å². The molecular weight excluding hydrogens is 310 g/mol. The lowest BCUT2D eigenvalue weighted by Crippen LogP contribution is -1.95. The fourth-order valence-corrected chi connectivity index (χ4v) is 2.86. The number of imidazole rings is 1. The van der Waals surface area contributed by atoms with Crippen LogP contribution >= 0.6 is 0 Å². The average Bonchev–Trinajstić information content (AvgIpc) is 3.10. The van der Waals surface area contributed by atoms with Crippen molar-refractivity contribution in [3.63, 3.8) is 0 Å². The molecule has 0 aromatic carbocycles. The molecule has 0 saturated carbocycles. The zero-order chi connectivity index (χ0) is 17.2. The van der Waals surface area contributed by atoms with Crippen molar-refractivity contribution in [1.82, 2.24) is 19.4 Å². The fraction of sp³-hybridized carbons (Fsp3) is 0.100. The SMILES string of the molecule is [C-]#[N+]c1cnc2ccc(-c3cccnc3-c3cccc(CC)n3)cn12. The second-order valence-electron chi connectivity index (χ2n) is 5.64. The van der Waals surface area contributed by atoms with Crippen LogP contribution in [0.3, 0.4) is 0 Å². The van der Waals surface area contributed by atoms with E-state index in [4.69, 9.17) is 11.6 Å². The Hall–Kier alpha value is -3.52. The molecule has 0 saturated heterocycles.